The SMILES string of the molecule is Cc1ccc2cc(C(=O)Nc3cccc(O)c3F)ccc2n1. The summed E-state index contributed by atoms with van der Waals surface area (Å²) in [6, 6.07) is 12.9. The first kappa shape index (κ1) is 14.0. The lowest BCUT2D eigenvalue weighted by Gasteiger charge is -2.08. The summed E-state index contributed by atoms with van der Waals surface area (Å²) in [5.74, 6) is -1.81. The largest absolute Gasteiger partial charge is 0.505 e. The van der Waals surface area contributed by atoms with Crippen molar-refractivity contribution in [2.75, 3.05) is 5.32 Å². The maximum Gasteiger partial charge on any atom is 0.255 e. The van der Waals surface area contributed by atoms with Crippen molar-refractivity contribution in [3.05, 3.63) is 65.6 Å². The molecule has 0 radical (unpaired) electrons. The molecule has 0 fully saturated rings. The zero-order valence-electron chi connectivity index (χ0n) is 11.8. The molecule has 0 unspecified atom stereocenters. The van der Waals surface area contributed by atoms with Gasteiger partial charge in [0.25, 0.3) is 5.91 Å². The average Bonchev–Trinajstić information content (AvgIpc) is 2.51. The van der Waals surface area contributed by atoms with Crippen LogP contribution < -0.4 is 5.32 Å². The number of anilines is 1. The Morgan fingerprint density at radius 3 is 2.82 bits per heavy atom. The van der Waals surface area contributed by atoms with E-state index in [-0.39, 0.29) is 5.69 Å². The fraction of sp³-hybridized carbons (Fsp3) is 0.0588. The van der Waals surface area contributed by atoms with Gasteiger partial charge in [0, 0.05) is 16.6 Å². The van der Waals surface area contributed by atoms with Crippen LogP contribution in [0.5, 0.6) is 5.75 Å². The fourth-order valence-electron chi connectivity index (χ4n) is 2.18. The van der Waals surface area contributed by atoms with Gasteiger partial charge in [-0.05, 0) is 43.3 Å². The van der Waals surface area contributed by atoms with Crippen molar-refractivity contribution in [2.24, 2.45) is 0 Å². The molecule has 5 heteroatoms. The van der Waals surface area contributed by atoms with Crippen LogP contribution in [0.4, 0.5) is 10.1 Å². The summed E-state index contributed by atoms with van der Waals surface area (Å²) in [5, 5.41) is 12.6. The highest BCUT2D eigenvalue weighted by atomic mass is 19.1. The van der Waals surface area contributed by atoms with Gasteiger partial charge in [-0.15, -0.1) is 0 Å². The van der Waals surface area contributed by atoms with Crippen molar-refractivity contribution in [2.45, 2.75) is 6.92 Å². The van der Waals surface area contributed by atoms with Crippen molar-refractivity contribution >= 4 is 22.5 Å². The minimum absolute atomic E-state index is 0.0628. The maximum atomic E-state index is 13.7. The van der Waals surface area contributed by atoms with Gasteiger partial charge in [0.05, 0.1) is 11.2 Å². The van der Waals surface area contributed by atoms with Gasteiger partial charge in [0.15, 0.2) is 11.6 Å². The van der Waals surface area contributed by atoms with E-state index in [1.807, 2.05) is 19.1 Å². The lowest BCUT2D eigenvalue weighted by atomic mass is 10.1. The normalized spacial score (nSPS) is 10.6. The summed E-state index contributed by atoms with van der Waals surface area (Å²) < 4.78 is 13.7. The molecule has 4 nitrogen and oxygen atoms in total. The fourth-order valence-corrected chi connectivity index (χ4v) is 2.18. The van der Waals surface area contributed by atoms with Crippen molar-refractivity contribution in [1.29, 1.82) is 0 Å². The molecule has 0 saturated carbocycles. The van der Waals surface area contributed by atoms with Crippen LogP contribution in [0.1, 0.15) is 16.1 Å². The highest BCUT2D eigenvalue weighted by molar-refractivity contribution is 6.06. The molecule has 110 valence electrons. The van der Waals surface area contributed by atoms with Gasteiger partial charge in [-0.1, -0.05) is 12.1 Å². The first-order valence-electron chi connectivity index (χ1n) is 6.71. The summed E-state index contributed by atoms with van der Waals surface area (Å²) in [5.41, 5.74) is 2.01. The molecule has 0 atom stereocenters. The Kier molecular flexibility index (Phi) is 3.47. The van der Waals surface area contributed by atoms with Gasteiger partial charge < -0.3 is 10.4 Å². The Labute approximate surface area is 126 Å². The first-order valence-corrected chi connectivity index (χ1v) is 6.71. The maximum absolute atomic E-state index is 13.7. The van der Waals surface area contributed by atoms with E-state index < -0.39 is 17.5 Å². The Morgan fingerprint density at radius 2 is 2.00 bits per heavy atom. The zero-order chi connectivity index (χ0) is 15.7. The molecule has 1 amide bonds. The number of benzene rings is 2. The van der Waals surface area contributed by atoms with Crippen LogP contribution in [0.2, 0.25) is 0 Å². The summed E-state index contributed by atoms with van der Waals surface area (Å²) in [6.45, 7) is 1.89. The molecule has 1 heterocycles. The van der Waals surface area contributed by atoms with E-state index in [9.17, 15) is 14.3 Å². The Bertz CT molecular complexity index is 878. The Morgan fingerprint density at radius 1 is 1.18 bits per heavy atom. The predicted molar refractivity (Wildman–Crippen MR) is 82.5 cm³/mol. The van der Waals surface area contributed by atoms with E-state index in [1.165, 1.54) is 18.2 Å². The van der Waals surface area contributed by atoms with E-state index in [0.717, 1.165) is 16.6 Å². The number of aromatic hydroxyl groups is 1. The number of hydrogen-bond acceptors (Lipinski definition) is 3. The quantitative estimate of drug-likeness (QED) is 0.759. The molecule has 0 bridgehead atoms. The number of halogens is 1. The van der Waals surface area contributed by atoms with Crippen LogP contribution in [0.25, 0.3) is 10.9 Å². The number of phenolic OH excluding ortho intramolecular Hbond substituents is 1. The molecule has 0 aliphatic heterocycles. The van der Waals surface area contributed by atoms with Gasteiger partial charge in [-0.2, -0.15) is 0 Å². The second-order valence-electron chi connectivity index (χ2n) is 4.95. The van der Waals surface area contributed by atoms with Gasteiger partial charge >= 0.3 is 0 Å². The topological polar surface area (TPSA) is 62.2 Å². The van der Waals surface area contributed by atoms with E-state index in [0.29, 0.717) is 5.56 Å². The molecule has 1 aromatic heterocycles. The molecule has 22 heavy (non-hydrogen) atoms. The molecule has 0 spiro atoms. The highest BCUT2D eigenvalue weighted by Crippen LogP contribution is 2.23. The van der Waals surface area contributed by atoms with Crippen molar-refractivity contribution in [3.8, 4) is 5.75 Å². The number of nitrogens with zero attached hydrogens (tertiary/aromatic N) is 1. The number of phenols is 1. The van der Waals surface area contributed by atoms with Crippen molar-refractivity contribution < 1.29 is 14.3 Å². The number of carbonyl (C=O) groups is 1. The molecule has 3 rings (SSSR count). The first-order chi connectivity index (χ1) is 10.5. The number of aromatic nitrogens is 1. The lowest BCUT2D eigenvalue weighted by Crippen LogP contribution is -2.13. The third-order valence-corrected chi connectivity index (χ3v) is 3.32. The predicted octanol–water partition coefficient (Wildman–Crippen LogP) is 3.64. The van der Waals surface area contributed by atoms with Gasteiger partial charge in [-0.3, -0.25) is 9.78 Å². The minimum Gasteiger partial charge on any atom is -0.505 e. The average molecular weight is 296 g/mol. The number of carbonyl (C=O) groups excluding carboxylic acids is 1. The number of nitrogens with one attached hydrogen (secondary N) is 1. The number of pyridine rings is 1. The molecular weight excluding hydrogens is 283 g/mol. The van der Waals surface area contributed by atoms with Crippen molar-refractivity contribution in [3.63, 3.8) is 0 Å². The van der Waals surface area contributed by atoms with Crippen LogP contribution in [0.3, 0.4) is 0 Å². The van der Waals surface area contributed by atoms with E-state index in [2.05, 4.69) is 10.3 Å². The standard InChI is InChI=1S/C17H13FN2O2/c1-10-5-6-11-9-12(7-8-13(11)19-10)17(22)20-14-3-2-4-15(21)16(14)18/h2-9,21H,1H3,(H,20,22). The summed E-state index contributed by atoms with van der Waals surface area (Å²) in [7, 11) is 0. The second-order valence-corrected chi connectivity index (χ2v) is 4.95. The zero-order valence-corrected chi connectivity index (χ0v) is 11.8. The number of hydrogen-bond donors (Lipinski definition) is 2. The molecule has 0 aliphatic carbocycles. The molecular formula is C17H13FN2O2. The van der Waals surface area contributed by atoms with Gasteiger partial charge in [-0.25, -0.2) is 4.39 Å². The summed E-state index contributed by atoms with van der Waals surface area (Å²) in [6.07, 6.45) is 0. The van der Waals surface area contributed by atoms with Crippen LogP contribution >= 0.6 is 0 Å². The minimum atomic E-state index is -0.853. The highest BCUT2D eigenvalue weighted by Gasteiger charge is 2.12. The third kappa shape index (κ3) is 2.61. The van der Waals surface area contributed by atoms with Crippen LogP contribution in [0, 0.1) is 12.7 Å². The smallest absolute Gasteiger partial charge is 0.255 e. The third-order valence-electron chi connectivity index (χ3n) is 3.32. The monoisotopic (exact) mass is 296 g/mol. The second kappa shape index (κ2) is 5.44. The van der Waals surface area contributed by atoms with E-state index in [1.54, 1.807) is 18.2 Å². The Hall–Kier alpha value is -2.95. The summed E-state index contributed by atoms with van der Waals surface area (Å²) >= 11 is 0. The molecule has 0 aliphatic rings. The number of rotatable bonds is 2. The van der Waals surface area contributed by atoms with E-state index in [4.69, 9.17) is 0 Å². The van der Waals surface area contributed by atoms with Crippen LogP contribution in [-0.2, 0) is 0 Å². The summed E-state index contributed by atoms with van der Waals surface area (Å²) in [4.78, 5) is 16.6. The van der Waals surface area contributed by atoms with Gasteiger partial charge in [0.2, 0.25) is 0 Å². The number of amides is 1. The molecule has 0 saturated heterocycles. The van der Waals surface area contributed by atoms with Crippen LogP contribution in [0.15, 0.2) is 48.5 Å². The number of fused-ring (bicyclic) bond motifs is 1. The van der Waals surface area contributed by atoms with Crippen LogP contribution in [-0.4, -0.2) is 16.0 Å². The van der Waals surface area contributed by atoms with Gasteiger partial charge in [0.1, 0.15) is 0 Å². The molecule has 3 aromatic rings. The van der Waals surface area contributed by atoms with Crippen molar-refractivity contribution in [1.82, 2.24) is 4.98 Å². The molecule has 2 N–H and O–H groups in total. The van der Waals surface area contributed by atoms with E-state index >= 15 is 0 Å². The lowest BCUT2D eigenvalue weighted by molar-refractivity contribution is 0.102. The Balaban J connectivity index is 1.92. The molecule has 2 aromatic carbocycles. The number of aryl methyl sites for hydroxylation is 1.